The Morgan fingerprint density at radius 1 is 1.29 bits per heavy atom. The molecule has 5 nitrogen and oxygen atoms in total. The lowest BCUT2D eigenvalue weighted by atomic mass is 10.1. The number of nitrogens with zero attached hydrogens (tertiary/aromatic N) is 2. The van der Waals surface area contributed by atoms with Gasteiger partial charge in [-0.05, 0) is 44.2 Å². The summed E-state index contributed by atoms with van der Waals surface area (Å²) in [6.07, 6.45) is 3.35. The zero-order valence-corrected chi connectivity index (χ0v) is 14.6. The topological polar surface area (TPSA) is 70.1 Å². The fraction of sp³-hybridized carbons (Fsp3) is 0.474. The maximum Gasteiger partial charge on any atom is 0.225 e. The number of aliphatic hydroxyl groups excluding tert-OH is 1. The van der Waals surface area contributed by atoms with Crippen LogP contribution in [0.25, 0.3) is 0 Å². The Morgan fingerprint density at radius 2 is 2.08 bits per heavy atom. The van der Waals surface area contributed by atoms with Crippen LogP contribution in [-0.2, 0) is 6.42 Å². The van der Waals surface area contributed by atoms with Crippen LogP contribution >= 0.6 is 0 Å². The highest BCUT2D eigenvalue weighted by Gasteiger charge is 2.26. The fourth-order valence-corrected chi connectivity index (χ4v) is 2.78. The van der Waals surface area contributed by atoms with Gasteiger partial charge in [-0.15, -0.1) is 0 Å². The number of anilines is 3. The van der Waals surface area contributed by atoms with Crippen LogP contribution in [0.4, 0.5) is 17.5 Å². The van der Waals surface area contributed by atoms with E-state index in [2.05, 4.69) is 58.7 Å². The third-order valence-electron chi connectivity index (χ3n) is 4.38. The molecule has 1 aromatic heterocycles. The number of aliphatic hydroxyl groups is 1. The highest BCUT2D eigenvalue weighted by atomic mass is 16.3. The van der Waals surface area contributed by atoms with Gasteiger partial charge in [0.1, 0.15) is 5.82 Å². The second-order valence-corrected chi connectivity index (χ2v) is 6.59. The molecule has 5 heteroatoms. The normalized spacial score (nSPS) is 15.2. The molecule has 1 heterocycles. The summed E-state index contributed by atoms with van der Waals surface area (Å²) in [4.78, 5) is 9.22. The monoisotopic (exact) mass is 326 g/mol. The van der Waals surface area contributed by atoms with Gasteiger partial charge in [0, 0.05) is 23.7 Å². The first kappa shape index (κ1) is 16.7. The summed E-state index contributed by atoms with van der Waals surface area (Å²) in [6, 6.07) is 8.32. The first-order valence-electron chi connectivity index (χ1n) is 8.72. The lowest BCUT2D eigenvalue weighted by Crippen LogP contribution is -2.21. The highest BCUT2D eigenvalue weighted by Crippen LogP contribution is 2.40. The summed E-state index contributed by atoms with van der Waals surface area (Å²) in [5, 5.41) is 15.9. The van der Waals surface area contributed by atoms with Crippen molar-refractivity contribution in [1.29, 1.82) is 0 Å². The Hall–Kier alpha value is -2.14. The van der Waals surface area contributed by atoms with E-state index in [0.29, 0.717) is 11.9 Å². The van der Waals surface area contributed by atoms with Crippen molar-refractivity contribution in [3.8, 4) is 0 Å². The van der Waals surface area contributed by atoms with Gasteiger partial charge in [0.15, 0.2) is 0 Å². The first-order chi connectivity index (χ1) is 11.6. The highest BCUT2D eigenvalue weighted by molar-refractivity contribution is 5.65. The molecule has 0 aliphatic heterocycles. The van der Waals surface area contributed by atoms with Crippen LogP contribution in [0.1, 0.15) is 49.4 Å². The molecule has 0 bridgehead atoms. The Morgan fingerprint density at radius 3 is 2.75 bits per heavy atom. The second-order valence-electron chi connectivity index (χ2n) is 6.59. The van der Waals surface area contributed by atoms with Crippen molar-refractivity contribution in [2.75, 3.05) is 17.2 Å². The van der Waals surface area contributed by atoms with Gasteiger partial charge in [0.05, 0.1) is 12.3 Å². The minimum atomic E-state index is -0.0723. The Balaban J connectivity index is 1.92. The maximum absolute atomic E-state index is 9.26. The van der Waals surface area contributed by atoms with Crippen LogP contribution in [0.3, 0.4) is 0 Å². The number of nitrogens with one attached hydrogen (secondary N) is 2. The van der Waals surface area contributed by atoms with Gasteiger partial charge >= 0.3 is 0 Å². The lowest BCUT2D eigenvalue weighted by molar-refractivity contribution is 0.281. The molecule has 1 atom stereocenters. The van der Waals surface area contributed by atoms with Crippen molar-refractivity contribution in [2.24, 2.45) is 0 Å². The Kier molecular flexibility index (Phi) is 5.00. The number of hydrogen-bond donors (Lipinski definition) is 3. The molecule has 1 aliphatic carbocycles. The van der Waals surface area contributed by atoms with Gasteiger partial charge in [-0.2, -0.15) is 4.98 Å². The molecule has 1 aromatic carbocycles. The van der Waals surface area contributed by atoms with Gasteiger partial charge in [0.25, 0.3) is 0 Å². The Labute approximate surface area is 143 Å². The molecule has 0 unspecified atom stereocenters. The van der Waals surface area contributed by atoms with E-state index in [9.17, 15) is 5.11 Å². The second kappa shape index (κ2) is 7.18. The number of aromatic nitrogens is 2. The molecule has 3 rings (SSSR count). The number of benzene rings is 1. The van der Waals surface area contributed by atoms with Crippen LogP contribution in [0.15, 0.2) is 24.3 Å². The molecular weight excluding hydrogens is 300 g/mol. The molecule has 24 heavy (non-hydrogen) atoms. The van der Waals surface area contributed by atoms with Crippen molar-refractivity contribution in [1.82, 2.24) is 9.97 Å². The van der Waals surface area contributed by atoms with Gasteiger partial charge in [-0.3, -0.25) is 0 Å². The predicted octanol–water partition coefficient (Wildman–Crippen LogP) is 3.76. The van der Waals surface area contributed by atoms with E-state index in [1.165, 1.54) is 24.0 Å². The Bertz CT molecular complexity index is 713. The van der Waals surface area contributed by atoms with Crippen molar-refractivity contribution in [3.05, 3.63) is 41.1 Å². The van der Waals surface area contributed by atoms with Crippen LogP contribution in [0.5, 0.6) is 0 Å². The molecule has 3 N–H and O–H groups in total. The summed E-state index contributed by atoms with van der Waals surface area (Å²) >= 11 is 0. The zero-order chi connectivity index (χ0) is 17.1. The van der Waals surface area contributed by atoms with E-state index in [4.69, 9.17) is 0 Å². The quantitative estimate of drug-likeness (QED) is 0.723. The van der Waals surface area contributed by atoms with Crippen molar-refractivity contribution in [3.63, 3.8) is 0 Å². The average molecular weight is 326 g/mol. The van der Waals surface area contributed by atoms with Gasteiger partial charge < -0.3 is 15.7 Å². The molecule has 2 aromatic rings. The molecule has 1 fully saturated rings. The number of hydrogen-bond acceptors (Lipinski definition) is 5. The first-order valence-corrected chi connectivity index (χ1v) is 8.72. The average Bonchev–Trinajstić information content (AvgIpc) is 3.41. The smallest absolute Gasteiger partial charge is 0.225 e. The van der Waals surface area contributed by atoms with E-state index in [-0.39, 0.29) is 12.6 Å². The molecule has 0 amide bonds. The van der Waals surface area contributed by atoms with Crippen LogP contribution in [0, 0.1) is 6.92 Å². The number of aryl methyl sites for hydroxylation is 2. The van der Waals surface area contributed by atoms with E-state index in [0.717, 1.165) is 23.6 Å². The molecule has 0 saturated heterocycles. The van der Waals surface area contributed by atoms with E-state index >= 15 is 0 Å². The SMILES string of the molecule is CCc1cccc(C)c1Nc1cc(C2CC2)nc(N[C@@H](C)CO)n1. The third kappa shape index (κ3) is 3.85. The lowest BCUT2D eigenvalue weighted by Gasteiger charge is -2.16. The van der Waals surface area contributed by atoms with E-state index < -0.39 is 0 Å². The number of rotatable bonds is 7. The van der Waals surface area contributed by atoms with Crippen LogP contribution in [-0.4, -0.2) is 27.7 Å². The summed E-state index contributed by atoms with van der Waals surface area (Å²) < 4.78 is 0. The van der Waals surface area contributed by atoms with Crippen LogP contribution < -0.4 is 10.6 Å². The zero-order valence-electron chi connectivity index (χ0n) is 14.6. The summed E-state index contributed by atoms with van der Waals surface area (Å²) in [5.41, 5.74) is 4.69. The van der Waals surface area contributed by atoms with E-state index in [1.54, 1.807) is 0 Å². The maximum atomic E-state index is 9.26. The van der Waals surface area contributed by atoms with Gasteiger partial charge in [-0.1, -0.05) is 25.1 Å². The van der Waals surface area contributed by atoms with Crippen molar-refractivity contribution < 1.29 is 5.11 Å². The van der Waals surface area contributed by atoms with E-state index in [1.807, 2.05) is 6.92 Å². The molecular formula is C19H26N4O. The molecule has 0 spiro atoms. The largest absolute Gasteiger partial charge is 0.394 e. The molecule has 1 saturated carbocycles. The third-order valence-corrected chi connectivity index (χ3v) is 4.38. The summed E-state index contributed by atoms with van der Waals surface area (Å²) in [7, 11) is 0. The molecule has 128 valence electrons. The standard InChI is InChI=1S/C19H26N4O/c1-4-14-7-5-6-12(2)18(14)22-17-10-16(15-8-9-15)21-19(23-17)20-13(3)11-24/h5-7,10,13,15,24H,4,8-9,11H2,1-3H3,(H2,20,21,22,23)/t13-/m0/s1. The molecule has 0 radical (unpaired) electrons. The summed E-state index contributed by atoms with van der Waals surface area (Å²) in [5.74, 6) is 1.93. The van der Waals surface area contributed by atoms with Crippen molar-refractivity contribution in [2.45, 2.75) is 52.0 Å². The summed E-state index contributed by atoms with van der Waals surface area (Å²) in [6.45, 7) is 6.23. The predicted molar refractivity (Wildman–Crippen MR) is 98.0 cm³/mol. The fourth-order valence-electron chi connectivity index (χ4n) is 2.78. The van der Waals surface area contributed by atoms with Gasteiger partial charge in [0.2, 0.25) is 5.95 Å². The minimum Gasteiger partial charge on any atom is -0.394 e. The van der Waals surface area contributed by atoms with Crippen LogP contribution in [0.2, 0.25) is 0 Å². The van der Waals surface area contributed by atoms with Gasteiger partial charge in [-0.25, -0.2) is 4.98 Å². The molecule has 1 aliphatic rings. The van der Waals surface area contributed by atoms with Crippen molar-refractivity contribution >= 4 is 17.5 Å². The minimum absolute atomic E-state index is 0.0531. The number of para-hydroxylation sites is 1.